The van der Waals surface area contributed by atoms with E-state index in [0.29, 0.717) is 12.5 Å². The summed E-state index contributed by atoms with van der Waals surface area (Å²) in [5, 5.41) is 8.35. The molecule has 0 amide bonds. The van der Waals surface area contributed by atoms with E-state index in [9.17, 15) is 0 Å². The number of hydrogen-bond acceptors (Lipinski definition) is 3. The lowest BCUT2D eigenvalue weighted by molar-refractivity contribution is 0.0985. The van der Waals surface area contributed by atoms with E-state index >= 15 is 0 Å². The molecule has 1 rings (SSSR count). The molecule has 1 fully saturated rings. The third-order valence-electron chi connectivity index (χ3n) is 3.17. The highest BCUT2D eigenvalue weighted by Gasteiger charge is 2.14. The van der Waals surface area contributed by atoms with Crippen molar-refractivity contribution in [1.29, 1.82) is 5.26 Å². The second-order valence-electron chi connectivity index (χ2n) is 4.71. The van der Waals surface area contributed by atoms with Gasteiger partial charge in [-0.15, -0.1) is 0 Å². The van der Waals surface area contributed by atoms with Gasteiger partial charge in [0.25, 0.3) is 0 Å². The molecule has 0 bridgehead atoms. The van der Waals surface area contributed by atoms with Crippen LogP contribution in [0.25, 0.3) is 0 Å². The minimum absolute atomic E-state index is 0.543. The van der Waals surface area contributed by atoms with Crippen LogP contribution in [0.4, 0.5) is 0 Å². The van der Waals surface area contributed by atoms with Crippen molar-refractivity contribution >= 4 is 0 Å². The van der Waals surface area contributed by atoms with E-state index in [4.69, 9.17) is 14.7 Å². The maximum absolute atomic E-state index is 8.35. The number of rotatable bonds is 10. The molecule has 0 aliphatic carbocycles. The van der Waals surface area contributed by atoms with E-state index in [1.54, 1.807) is 0 Å². The van der Waals surface area contributed by atoms with Crippen molar-refractivity contribution in [1.82, 2.24) is 0 Å². The average Bonchev–Trinajstić information content (AvgIpc) is 2.85. The van der Waals surface area contributed by atoms with Crippen LogP contribution < -0.4 is 0 Å². The molecule has 98 valence electrons. The fraction of sp³-hybridized carbons (Fsp3) is 0.929. The van der Waals surface area contributed by atoms with Gasteiger partial charge in [0, 0.05) is 26.2 Å². The Labute approximate surface area is 105 Å². The van der Waals surface area contributed by atoms with E-state index in [0.717, 1.165) is 39.1 Å². The molecule has 3 nitrogen and oxygen atoms in total. The van der Waals surface area contributed by atoms with Gasteiger partial charge in [-0.2, -0.15) is 5.26 Å². The second-order valence-corrected chi connectivity index (χ2v) is 4.71. The van der Waals surface area contributed by atoms with Gasteiger partial charge in [-0.25, -0.2) is 0 Å². The number of hydrogen-bond donors (Lipinski definition) is 0. The van der Waals surface area contributed by atoms with Gasteiger partial charge in [0.15, 0.2) is 0 Å². The Morgan fingerprint density at radius 1 is 1.12 bits per heavy atom. The van der Waals surface area contributed by atoms with Gasteiger partial charge < -0.3 is 9.47 Å². The van der Waals surface area contributed by atoms with Gasteiger partial charge in [0.1, 0.15) is 0 Å². The predicted molar refractivity (Wildman–Crippen MR) is 67.7 cm³/mol. The van der Waals surface area contributed by atoms with Crippen LogP contribution in [0, 0.1) is 11.3 Å². The maximum atomic E-state index is 8.35. The first-order valence-corrected chi connectivity index (χ1v) is 7.00. The van der Waals surface area contributed by atoms with Crippen molar-refractivity contribution < 1.29 is 9.47 Å². The highest BCUT2D eigenvalue weighted by atomic mass is 16.5. The van der Waals surface area contributed by atoms with Gasteiger partial charge in [0.2, 0.25) is 0 Å². The monoisotopic (exact) mass is 239 g/mol. The van der Waals surface area contributed by atoms with Crippen LogP contribution in [0.15, 0.2) is 0 Å². The fourth-order valence-corrected chi connectivity index (χ4v) is 2.14. The number of unbranched alkanes of at least 4 members (excludes halogenated alkanes) is 4. The van der Waals surface area contributed by atoms with Gasteiger partial charge in [-0.1, -0.05) is 12.8 Å². The van der Waals surface area contributed by atoms with Gasteiger partial charge in [-0.3, -0.25) is 0 Å². The molecule has 1 aliphatic rings. The van der Waals surface area contributed by atoms with Gasteiger partial charge in [-0.05, 0) is 38.5 Å². The van der Waals surface area contributed by atoms with Crippen LogP contribution in [0.2, 0.25) is 0 Å². The molecule has 1 unspecified atom stereocenters. The van der Waals surface area contributed by atoms with Crippen LogP contribution >= 0.6 is 0 Å². The predicted octanol–water partition coefficient (Wildman–Crippen LogP) is 3.44. The third kappa shape index (κ3) is 8.18. The first kappa shape index (κ1) is 14.5. The minimum Gasteiger partial charge on any atom is -0.381 e. The lowest BCUT2D eigenvalue weighted by Gasteiger charge is -2.08. The molecule has 0 radical (unpaired) electrons. The molecule has 0 aromatic carbocycles. The molecule has 0 N–H and O–H groups in total. The second kappa shape index (κ2) is 10.6. The van der Waals surface area contributed by atoms with Crippen LogP contribution in [0.5, 0.6) is 0 Å². The van der Waals surface area contributed by atoms with Crippen LogP contribution in [-0.2, 0) is 9.47 Å². The van der Waals surface area contributed by atoms with Crippen LogP contribution in [0.3, 0.4) is 0 Å². The zero-order chi connectivity index (χ0) is 12.2. The van der Waals surface area contributed by atoms with Crippen LogP contribution in [0.1, 0.15) is 57.8 Å². The normalized spacial score (nSPS) is 19.4. The van der Waals surface area contributed by atoms with Crippen molar-refractivity contribution in [2.75, 3.05) is 19.8 Å². The highest BCUT2D eigenvalue weighted by molar-refractivity contribution is 4.67. The van der Waals surface area contributed by atoms with Gasteiger partial charge in [0.05, 0.1) is 12.2 Å². The van der Waals surface area contributed by atoms with Crippen molar-refractivity contribution in [3.63, 3.8) is 0 Å². The molecule has 3 heteroatoms. The summed E-state index contributed by atoms with van der Waals surface area (Å²) in [6.45, 7) is 2.65. The molecule has 1 heterocycles. The number of ether oxygens (including phenoxy) is 2. The average molecular weight is 239 g/mol. The van der Waals surface area contributed by atoms with E-state index in [1.165, 1.54) is 32.1 Å². The van der Waals surface area contributed by atoms with Crippen LogP contribution in [-0.4, -0.2) is 25.9 Å². The Kier molecular flexibility index (Phi) is 8.99. The SMILES string of the molecule is N#CCCCCOCCCCCC1CCCO1. The summed E-state index contributed by atoms with van der Waals surface area (Å²) in [5.41, 5.74) is 0. The lowest BCUT2D eigenvalue weighted by Crippen LogP contribution is -2.04. The summed E-state index contributed by atoms with van der Waals surface area (Å²) in [6.07, 6.45) is 10.6. The Morgan fingerprint density at radius 2 is 1.94 bits per heavy atom. The first-order valence-electron chi connectivity index (χ1n) is 7.00. The van der Waals surface area contributed by atoms with Crippen molar-refractivity contribution in [3.8, 4) is 6.07 Å². The van der Waals surface area contributed by atoms with E-state index in [-0.39, 0.29) is 0 Å². The lowest BCUT2D eigenvalue weighted by atomic mass is 10.1. The van der Waals surface area contributed by atoms with E-state index in [1.807, 2.05) is 0 Å². The quantitative estimate of drug-likeness (QED) is 0.548. The largest absolute Gasteiger partial charge is 0.381 e. The number of nitrogens with zero attached hydrogens (tertiary/aromatic N) is 1. The van der Waals surface area contributed by atoms with Crippen molar-refractivity contribution in [2.24, 2.45) is 0 Å². The summed E-state index contributed by atoms with van der Waals surface area (Å²) < 4.78 is 11.1. The molecule has 1 aliphatic heterocycles. The smallest absolute Gasteiger partial charge is 0.0621 e. The summed E-state index contributed by atoms with van der Waals surface area (Å²) in [5.74, 6) is 0. The minimum atomic E-state index is 0.543. The Morgan fingerprint density at radius 3 is 2.65 bits per heavy atom. The topological polar surface area (TPSA) is 42.2 Å². The van der Waals surface area contributed by atoms with Crippen molar-refractivity contribution in [2.45, 2.75) is 63.9 Å². The number of nitriles is 1. The van der Waals surface area contributed by atoms with Crippen molar-refractivity contribution in [3.05, 3.63) is 0 Å². The zero-order valence-electron chi connectivity index (χ0n) is 10.8. The molecular weight excluding hydrogens is 214 g/mol. The third-order valence-corrected chi connectivity index (χ3v) is 3.17. The Hall–Kier alpha value is -0.590. The fourth-order valence-electron chi connectivity index (χ4n) is 2.14. The molecule has 1 atom stereocenters. The summed E-state index contributed by atoms with van der Waals surface area (Å²) in [7, 11) is 0. The Bertz CT molecular complexity index is 207. The molecule has 0 aromatic heterocycles. The molecule has 1 saturated heterocycles. The summed E-state index contributed by atoms with van der Waals surface area (Å²) >= 11 is 0. The Balaban J connectivity index is 1.71. The summed E-state index contributed by atoms with van der Waals surface area (Å²) in [4.78, 5) is 0. The zero-order valence-corrected chi connectivity index (χ0v) is 10.8. The molecule has 0 spiro atoms. The molecule has 17 heavy (non-hydrogen) atoms. The highest BCUT2D eigenvalue weighted by Crippen LogP contribution is 2.18. The van der Waals surface area contributed by atoms with Gasteiger partial charge >= 0.3 is 0 Å². The molecule has 0 saturated carbocycles. The maximum Gasteiger partial charge on any atom is 0.0621 e. The molecule has 0 aromatic rings. The van der Waals surface area contributed by atoms with E-state index < -0.39 is 0 Å². The van der Waals surface area contributed by atoms with E-state index in [2.05, 4.69) is 6.07 Å². The molecular formula is C14H25NO2. The first-order chi connectivity index (χ1) is 8.43. The standard InChI is InChI=1S/C14H25NO2/c15-10-4-2-6-12-16-11-5-1-3-8-14-9-7-13-17-14/h14H,1-9,11-13H2. The summed E-state index contributed by atoms with van der Waals surface area (Å²) in [6, 6.07) is 2.15.